The Morgan fingerprint density at radius 2 is 1.78 bits per heavy atom. The van der Waals surface area contributed by atoms with Crippen molar-refractivity contribution in [1.82, 2.24) is 0 Å². The Hall–Kier alpha value is -1.40. The van der Waals surface area contributed by atoms with Crippen LogP contribution in [0.4, 0.5) is 11.4 Å². The molecule has 128 valence electrons. The van der Waals surface area contributed by atoms with Crippen LogP contribution in [0, 0.1) is 10.1 Å². The van der Waals surface area contributed by atoms with E-state index in [1.54, 1.807) is 39.8 Å². The molecule has 0 saturated heterocycles. The Morgan fingerprint density at radius 3 is 2.26 bits per heavy atom. The number of para-hydroxylation sites is 2. The summed E-state index contributed by atoms with van der Waals surface area (Å²) in [5.74, 6) is 0. The molecule has 0 atom stereocenters. The molecule has 0 fully saturated rings. The fourth-order valence-corrected chi connectivity index (χ4v) is 3.53. The van der Waals surface area contributed by atoms with Gasteiger partial charge >= 0.3 is 7.60 Å². The van der Waals surface area contributed by atoms with E-state index in [9.17, 15) is 14.7 Å². The summed E-state index contributed by atoms with van der Waals surface area (Å²) in [6, 6.07) is 6.03. The first-order valence-corrected chi connectivity index (χ1v) is 8.91. The highest BCUT2D eigenvalue weighted by Gasteiger charge is 2.32. The van der Waals surface area contributed by atoms with Crippen molar-refractivity contribution in [1.29, 1.82) is 0 Å². The van der Waals surface area contributed by atoms with Crippen LogP contribution >= 0.6 is 19.2 Å². The van der Waals surface area contributed by atoms with Crippen LogP contribution in [0.5, 0.6) is 0 Å². The van der Waals surface area contributed by atoms with Gasteiger partial charge in [0.05, 0.1) is 17.1 Å². The molecule has 0 bridgehead atoms. The second-order valence-corrected chi connectivity index (χ2v) is 7.76. The number of nitro groups is 1. The monoisotopic (exact) mass is 362 g/mol. The van der Waals surface area contributed by atoms with Gasteiger partial charge in [-0.3, -0.25) is 14.7 Å². The van der Waals surface area contributed by atoms with Gasteiger partial charge in [0.1, 0.15) is 10.5 Å². The van der Waals surface area contributed by atoms with Crippen molar-refractivity contribution in [2.24, 2.45) is 0 Å². The Labute approximate surface area is 140 Å². The van der Waals surface area contributed by atoms with Gasteiger partial charge in [0.15, 0.2) is 0 Å². The van der Waals surface area contributed by atoms with Gasteiger partial charge < -0.3 is 14.4 Å². The lowest BCUT2D eigenvalue weighted by molar-refractivity contribution is -0.383. The van der Waals surface area contributed by atoms with Gasteiger partial charge in [-0.25, -0.2) is 0 Å². The Bertz CT molecular complexity index is 619. The molecule has 0 heterocycles. The van der Waals surface area contributed by atoms with Gasteiger partial charge in [0.2, 0.25) is 0 Å². The molecule has 0 aliphatic rings. The van der Waals surface area contributed by atoms with Crippen molar-refractivity contribution in [2.45, 2.75) is 39.9 Å². The number of hydrogen-bond acceptors (Lipinski definition) is 6. The lowest BCUT2D eigenvalue weighted by Gasteiger charge is -2.22. The number of rotatable bonds is 8. The van der Waals surface area contributed by atoms with E-state index in [2.05, 4.69) is 5.32 Å². The predicted molar refractivity (Wildman–Crippen MR) is 90.7 cm³/mol. The van der Waals surface area contributed by atoms with E-state index >= 15 is 0 Å². The third-order valence-corrected chi connectivity index (χ3v) is 5.19. The molecule has 1 aromatic carbocycles. The summed E-state index contributed by atoms with van der Waals surface area (Å²) in [4.78, 5) is 10.4. The molecule has 9 heteroatoms. The zero-order chi connectivity index (χ0) is 17.6. The van der Waals surface area contributed by atoms with E-state index in [4.69, 9.17) is 20.6 Å². The predicted octanol–water partition coefficient (Wildman–Crippen LogP) is 5.09. The number of benzene rings is 1. The maximum absolute atomic E-state index is 12.8. The van der Waals surface area contributed by atoms with Crippen LogP contribution in [0.3, 0.4) is 0 Å². The van der Waals surface area contributed by atoms with E-state index in [0.717, 1.165) is 0 Å². The highest BCUT2D eigenvalue weighted by atomic mass is 35.5. The van der Waals surface area contributed by atoms with E-state index in [1.807, 2.05) is 0 Å². The summed E-state index contributed by atoms with van der Waals surface area (Å²) in [6.45, 7) is 6.82. The summed E-state index contributed by atoms with van der Waals surface area (Å²) in [6.07, 6.45) is 0.454. The Balaban J connectivity index is 3.05. The van der Waals surface area contributed by atoms with Gasteiger partial charge in [0.25, 0.3) is 5.69 Å². The van der Waals surface area contributed by atoms with Crippen LogP contribution < -0.4 is 5.32 Å². The molecule has 0 aromatic heterocycles. The standard InChI is InChI=1S/C14H20ClN2O5P/c1-10(2)21-23(20,22-11(3)4)14(15)9-16-12-7-5-6-8-13(12)17(18)19/h5-11,16H,1-4H3/b14-9+. The van der Waals surface area contributed by atoms with Crippen molar-refractivity contribution in [3.8, 4) is 0 Å². The fourth-order valence-electron chi connectivity index (χ4n) is 1.65. The molecule has 1 aromatic rings. The molecule has 0 radical (unpaired) electrons. The summed E-state index contributed by atoms with van der Waals surface area (Å²) < 4.78 is 23.2. The topological polar surface area (TPSA) is 90.7 Å². The van der Waals surface area contributed by atoms with Crippen LogP contribution in [-0.2, 0) is 13.6 Å². The lowest BCUT2D eigenvalue weighted by Crippen LogP contribution is -2.08. The average molecular weight is 363 g/mol. The molecule has 0 spiro atoms. The molecule has 23 heavy (non-hydrogen) atoms. The minimum absolute atomic E-state index is 0.127. The van der Waals surface area contributed by atoms with Gasteiger partial charge in [0, 0.05) is 12.3 Å². The first-order chi connectivity index (χ1) is 10.7. The van der Waals surface area contributed by atoms with E-state index in [1.165, 1.54) is 18.3 Å². The summed E-state index contributed by atoms with van der Waals surface area (Å²) in [5.41, 5.74) is 0.0916. The van der Waals surface area contributed by atoms with Crippen molar-refractivity contribution in [3.63, 3.8) is 0 Å². The van der Waals surface area contributed by atoms with Crippen LogP contribution in [0.1, 0.15) is 27.7 Å². The van der Waals surface area contributed by atoms with E-state index in [0.29, 0.717) is 0 Å². The number of nitrogens with zero attached hydrogens (tertiary/aromatic N) is 1. The SMILES string of the molecule is CC(C)OP(=O)(OC(C)C)/C(Cl)=C/Nc1ccccc1[N+](=O)[O-]. The fraction of sp³-hybridized carbons (Fsp3) is 0.429. The van der Waals surface area contributed by atoms with E-state index in [-0.39, 0.29) is 28.4 Å². The second kappa shape index (κ2) is 8.45. The third kappa shape index (κ3) is 5.95. The van der Waals surface area contributed by atoms with Crippen molar-refractivity contribution >= 4 is 30.6 Å². The molecule has 0 aliphatic carbocycles. The average Bonchev–Trinajstić information content (AvgIpc) is 2.43. The van der Waals surface area contributed by atoms with Crippen LogP contribution in [0.2, 0.25) is 0 Å². The zero-order valence-corrected chi connectivity index (χ0v) is 15.0. The minimum Gasteiger partial charge on any atom is -0.354 e. The number of hydrogen-bond donors (Lipinski definition) is 1. The third-order valence-electron chi connectivity index (χ3n) is 2.41. The van der Waals surface area contributed by atoms with Crippen molar-refractivity contribution < 1.29 is 18.5 Å². The summed E-state index contributed by atoms with van der Waals surface area (Å²) in [7, 11) is -3.70. The van der Waals surface area contributed by atoms with Crippen molar-refractivity contribution in [2.75, 3.05) is 5.32 Å². The highest BCUT2D eigenvalue weighted by Crippen LogP contribution is 2.59. The normalized spacial score (nSPS) is 12.7. The Morgan fingerprint density at radius 1 is 1.26 bits per heavy atom. The highest BCUT2D eigenvalue weighted by molar-refractivity contribution is 7.61. The number of nitro benzene ring substituents is 1. The first kappa shape index (κ1) is 19.6. The molecule has 0 unspecified atom stereocenters. The molecule has 0 saturated carbocycles. The number of nitrogens with one attached hydrogen (secondary N) is 1. The second-order valence-electron chi connectivity index (χ2n) is 5.19. The lowest BCUT2D eigenvalue weighted by atomic mass is 10.3. The molecule has 0 amide bonds. The first-order valence-electron chi connectivity index (χ1n) is 6.98. The van der Waals surface area contributed by atoms with Gasteiger partial charge in [-0.1, -0.05) is 23.7 Å². The summed E-state index contributed by atoms with van der Waals surface area (Å²) in [5, 5.41) is 13.6. The van der Waals surface area contributed by atoms with Crippen molar-refractivity contribution in [3.05, 3.63) is 45.4 Å². The smallest absolute Gasteiger partial charge is 0.354 e. The van der Waals surface area contributed by atoms with Gasteiger partial charge in [-0.2, -0.15) is 0 Å². The minimum atomic E-state index is -3.70. The number of anilines is 1. The largest absolute Gasteiger partial charge is 0.374 e. The van der Waals surface area contributed by atoms with Gasteiger partial charge in [-0.05, 0) is 33.8 Å². The van der Waals surface area contributed by atoms with Crippen LogP contribution in [0.25, 0.3) is 0 Å². The molecule has 1 N–H and O–H groups in total. The van der Waals surface area contributed by atoms with E-state index < -0.39 is 12.5 Å². The zero-order valence-electron chi connectivity index (χ0n) is 13.4. The summed E-state index contributed by atoms with van der Waals surface area (Å²) >= 11 is 6.07. The van der Waals surface area contributed by atoms with Gasteiger partial charge in [-0.15, -0.1) is 0 Å². The molecule has 1 rings (SSSR count). The molecule has 7 nitrogen and oxygen atoms in total. The van der Waals surface area contributed by atoms with Crippen LogP contribution in [-0.4, -0.2) is 17.1 Å². The maximum Gasteiger partial charge on any atom is 0.374 e. The molecular weight excluding hydrogens is 343 g/mol. The molecule has 0 aliphatic heterocycles. The maximum atomic E-state index is 12.8. The molecular formula is C14H20ClN2O5P. The Kier molecular flexibility index (Phi) is 7.22. The number of halogens is 1. The van der Waals surface area contributed by atoms with Crippen LogP contribution in [0.15, 0.2) is 35.2 Å². The quantitative estimate of drug-likeness (QED) is 0.393.